The summed E-state index contributed by atoms with van der Waals surface area (Å²) in [6.07, 6.45) is 2.17. The highest BCUT2D eigenvalue weighted by Crippen LogP contribution is 2.30. The van der Waals surface area contributed by atoms with E-state index in [0.29, 0.717) is 32.2 Å². The second-order valence-electron chi connectivity index (χ2n) is 7.52. The minimum atomic E-state index is -0.777. The third-order valence-corrected chi connectivity index (χ3v) is 5.54. The van der Waals surface area contributed by atoms with Crippen LogP contribution in [0.2, 0.25) is 0 Å². The van der Waals surface area contributed by atoms with Crippen LogP contribution in [0, 0.1) is 0 Å². The van der Waals surface area contributed by atoms with Gasteiger partial charge in [0.2, 0.25) is 0 Å². The van der Waals surface area contributed by atoms with Gasteiger partial charge in [-0.25, -0.2) is 4.98 Å². The largest absolute Gasteiger partial charge is 0.385 e. The van der Waals surface area contributed by atoms with Crippen molar-refractivity contribution in [2.75, 3.05) is 45.9 Å². The number of hydrogen-bond donors (Lipinski definition) is 2. The Morgan fingerprint density at radius 1 is 1.32 bits per heavy atom. The van der Waals surface area contributed by atoms with E-state index in [0.717, 1.165) is 38.0 Å². The summed E-state index contributed by atoms with van der Waals surface area (Å²) in [6, 6.07) is 8.34. The highest BCUT2D eigenvalue weighted by atomic mass is 16.5. The van der Waals surface area contributed by atoms with Crippen LogP contribution in [0.1, 0.15) is 24.6 Å². The van der Waals surface area contributed by atoms with E-state index >= 15 is 0 Å². The van der Waals surface area contributed by atoms with Crippen LogP contribution in [-0.2, 0) is 11.8 Å². The molecule has 6 heteroatoms. The topological polar surface area (TPSA) is 62.5 Å². The summed E-state index contributed by atoms with van der Waals surface area (Å²) in [5, 5.41) is 14.0. The van der Waals surface area contributed by atoms with Gasteiger partial charge in [-0.3, -0.25) is 0 Å². The fraction of sp³-hybridized carbons (Fsp3) is 0.632. The molecule has 25 heavy (non-hydrogen) atoms. The summed E-state index contributed by atoms with van der Waals surface area (Å²) in [6.45, 7) is 5.19. The van der Waals surface area contributed by atoms with Crippen LogP contribution >= 0.6 is 0 Å². The van der Waals surface area contributed by atoms with Gasteiger partial charge in [0, 0.05) is 32.6 Å². The normalized spacial score (nSPS) is 26.8. The number of fused-ring (bicyclic) bond motifs is 1. The maximum absolute atomic E-state index is 10.8. The molecule has 136 valence electrons. The summed E-state index contributed by atoms with van der Waals surface area (Å²) in [7, 11) is 2.12. The highest BCUT2D eigenvalue weighted by molar-refractivity contribution is 5.75. The van der Waals surface area contributed by atoms with Gasteiger partial charge in [-0.05, 0) is 38.1 Å². The third kappa shape index (κ3) is 3.58. The van der Waals surface area contributed by atoms with Gasteiger partial charge in [-0.2, -0.15) is 0 Å². The van der Waals surface area contributed by atoms with Crippen LogP contribution in [0.4, 0.5) is 0 Å². The number of likely N-dealkylation sites (tertiary alicyclic amines) is 1. The van der Waals surface area contributed by atoms with Crippen molar-refractivity contribution in [3.63, 3.8) is 0 Å². The fourth-order valence-corrected chi connectivity index (χ4v) is 4.17. The summed E-state index contributed by atoms with van der Waals surface area (Å²) < 4.78 is 7.78. The van der Waals surface area contributed by atoms with E-state index in [1.165, 1.54) is 11.3 Å². The minimum Gasteiger partial charge on any atom is -0.385 e. The Labute approximate surface area is 148 Å². The van der Waals surface area contributed by atoms with Crippen LogP contribution in [-0.4, -0.2) is 71.1 Å². The van der Waals surface area contributed by atoms with Gasteiger partial charge in [-0.15, -0.1) is 0 Å². The Kier molecular flexibility index (Phi) is 4.78. The first-order valence-electron chi connectivity index (χ1n) is 9.29. The van der Waals surface area contributed by atoms with E-state index in [1.54, 1.807) is 0 Å². The van der Waals surface area contributed by atoms with Crippen molar-refractivity contribution in [1.82, 2.24) is 19.8 Å². The van der Waals surface area contributed by atoms with Gasteiger partial charge in [0.15, 0.2) is 0 Å². The first kappa shape index (κ1) is 17.0. The number of piperidine rings is 1. The predicted molar refractivity (Wildman–Crippen MR) is 97.8 cm³/mol. The number of aryl methyl sites for hydroxylation is 1. The monoisotopic (exact) mass is 344 g/mol. The van der Waals surface area contributed by atoms with Crippen LogP contribution in [0.3, 0.4) is 0 Å². The lowest BCUT2D eigenvalue weighted by Crippen LogP contribution is -2.52. The lowest BCUT2D eigenvalue weighted by molar-refractivity contribution is -0.0521. The molecular formula is C19H28N4O2. The van der Waals surface area contributed by atoms with Crippen molar-refractivity contribution < 1.29 is 9.84 Å². The van der Waals surface area contributed by atoms with E-state index in [-0.39, 0.29) is 0 Å². The van der Waals surface area contributed by atoms with Gasteiger partial charge in [0.05, 0.1) is 24.2 Å². The van der Waals surface area contributed by atoms with E-state index in [1.807, 2.05) is 6.07 Å². The van der Waals surface area contributed by atoms with Crippen molar-refractivity contribution in [2.24, 2.45) is 7.05 Å². The molecule has 2 N–H and O–H groups in total. The molecule has 2 aliphatic heterocycles. The molecule has 2 fully saturated rings. The van der Waals surface area contributed by atoms with Crippen LogP contribution in [0.15, 0.2) is 24.3 Å². The van der Waals surface area contributed by atoms with Crippen molar-refractivity contribution in [2.45, 2.75) is 24.4 Å². The molecule has 6 nitrogen and oxygen atoms in total. The quantitative estimate of drug-likeness (QED) is 0.873. The standard InChI is InChI=1S/C19H28N4O2/c1-22-17-5-3-2-4-16(17)21-18(22)15-6-9-23(10-7-15)13-19(24)12-20-8-11-25-14-19/h2-5,15,20,24H,6-14H2,1H3/t19-/m0/s1. The number of nitrogens with one attached hydrogen (secondary N) is 1. The smallest absolute Gasteiger partial charge is 0.113 e. The molecule has 2 aromatic rings. The van der Waals surface area contributed by atoms with Crippen LogP contribution in [0.25, 0.3) is 11.0 Å². The average Bonchev–Trinajstić information content (AvgIpc) is 2.81. The van der Waals surface area contributed by atoms with Crippen molar-refractivity contribution in [3.05, 3.63) is 30.1 Å². The molecule has 0 radical (unpaired) electrons. The van der Waals surface area contributed by atoms with Gasteiger partial charge in [-0.1, -0.05) is 12.1 Å². The molecule has 1 aromatic heterocycles. The molecule has 0 unspecified atom stereocenters. The van der Waals surface area contributed by atoms with E-state index in [9.17, 15) is 5.11 Å². The van der Waals surface area contributed by atoms with E-state index < -0.39 is 5.60 Å². The summed E-state index contributed by atoms with van der Waals surface area (Å²) in [5.74, 6) is 1.69. The Bertz CT molecular complexity index is 713. The summed E-state index contributed by atoms with van der Waals surface area (Å²) >= 11 is 0. The maximum Gasteiger partial charge on any atom is 0.113 e. The first-order valence-corrected chi connectivity index (χ1v) is 9.29. The summed E-state index contributed by atoms with van der Waals surface area (Å²) in [4.78, 5) is 7.24. The number of aliphatic hydroxyl groups is 1. The Balaban J connectivity index is 1.40. The highest BCUT2D eigenvalue weighted by Gasteiger charge is 2.33. The zero-order valence-corrected chi connectivity index (χ0v) is 14.9. The number of β-amino-alcohol motifs (C(OH)–C–C–N with tert-alkyl or cyclic N) is 1. The van der Waals surface area contributed by atoms with Gasteiger partial charge in [0.25, 0.3) is 0 Å². The molecule has 0 aliphatic carbocycles. The Hall–Kier alpha value is -1.47. The average molecular weight is 344 g/mol. The molecule has 2 saturated heterocycles. The van der Waals surface area contributed by atoms with Crippen molar-refractivity contribution in [1.29, 1.82) is 0 Å². The minimum absolute atomic E-state index is 0.421. The SMILES string of the molecule is Cn1c(C2CCN(C[C@@]3(O)CNCCOC3)CC2)nc2ccccc21. The fourth-order valence-electron chi connectivity index (χ4n) is 4.17. The second-order valence-corrected chi connectivity index (χ2v) is 7.52. The lowest BCUT2D eigenvalue weighted by atomic mass is 9.94. The van der Waals surface area contributed by atoms with Crippen LogP contribution in [0.5, 0.6) is 0 Å². The summed E-state index contributed by atoms with van der Waals surface area (Å²) in [5.41, 5.74) is 1.51. The lowest BCUT2D eigenvalue weighted by Gasteiger charge is -2.37. The molecule has 0 saturated carbocycles. The molecule has 2 aliphatic rings. The second kappa shape index (κ2) is 7.03. The molecule has 0 spiro atoms. The zero-order valence-electron chi connectivity index (χ0n) is 14.9. The van der Waals surface area contributed by atoms with Crippen molar-refractivity contribution >= 4 is 11.0 Å². The molecule has 1 atom stereocenters. The van der Waals surface area contributed by atoms with E-state index in [2.05, 4.69) is 40.0 Å². The number of para-hydroxylation sites is 2. The predicted octanol–water partition coefficient (Wildman–Crippen LogP) is 1.10. The number of aromatic nitrogens is 2. The first-order chi connectivity index (χ1) is 12.1. The number of rotatable bonds is 3. The third-order valence-electron chi connectivity index (χ3n) is 5.54. The molecule has 1 aromatic carbocycles. The van der Waals surface area contributed by atoms with Gasteiger partial charge >= 0.3 is 0 Å². The van der Waals surface area contributed by atoms with Gasteiger partial charge in [0.1, 0.15) is 11.4 Å². The Morgan fingerprint density at radius 3 is 2.92 bits per heavy atom. The van der Waals surface area contributed by atoms with Crippen molar-refractivity contribution in [3.8, 4) is 0 Å². The zero-order chi connectivity index (χ0) is 17.3. The Morgan fingerprint density at radius 2 is 2.12 bits per heavy atom. The van der Waals surface area contributed by atoms with Gasteiger partial charge < -0.3 is 24.6 Å². The number of hydrogen-bond acceptors (Lipinski definition) is 5. The molecule has 4 rings (SSSR count). The number of nitrogens with zero attached hydrogens (tertiary/aromatic N) is 3. The number of ether oxygens (including phenoxy) is 1. The number of imidazole rings is 1. The molecule has 0 amide bonds. The number of benzene rings is 1. The van der Waals surface area contributed by atoms with Crippen LogP contribution < -0.4 is 5.32 Å². The molecule has 0 bridgehead atoms. The molecule has 3 heterocycles. The molecular weight excluding hydrogens is 316 g/mol. The maximum atomic E-state index is 10.8. The van der Waals surface area contributed by atoms with E-state index in [4.69, 9.17) is 9.72 Å².